The fourth-order valence-electron chi connectivity index (χ4n) is 4.02. The van der Waals surface area contributed by atoms with Crippen LogP contribution in [0.2, 0.25) is 0 Å². The molecule has 2 heterocycles. The van der Waals surface area contributed by atoms with Crippen molar-refractivity contribution in [1.29, 1.82) is 0 Å². The SMILES string of the molecule is COc1c(O)cc2oc3cc4c(c(O)c3c(=O)c2c1CC=C(C)C)C[C@H](C(C)(C)O)O4. The van der Waals surface area contributed by atoms with Crippen LogP contribution < -0.4 is 14.9 Å². The first-order valence-corrected chi connectivity index (χ1v) is 10.1. The van der Waals surface area contributed by atoms with Crippen LogP contribution in [0, 0.1) is 0 Å². The predicted octanol–water partition coefficient (Wildman–Crippen LogP) is 3.95. The van der Waals surface area contributed by atoms with Crippen molar-refractivity contribution in [3.63, 3.8) is 0 Å². The van der Waals surface area contributed by atoms with Crippen molar-refractivity contribution < 1.29 is 29.2 Å². The van der Waals surface area contributed by atoms with Gasteiger partial charge in [0.05, 0.1) is 18.1 Å². The average Bonchev–Trinajstić information content (AvgIpc) is 3.10. The zero-order valence-electron chi connectivity index (χ0n) is 18.2. The summed E-state index contributed by atoms with van der Waals surface area (Å²) in [5.74, 6) is 0.207. The number of aliphatic hydroxyl groups is 1. The van der Waals surface area contributed by atoms with Gasteiger partial charge in [-0.25, -0.2) is 0 Å². The van der Waals surface area contributed by atoms with Gasteiger partial charge in [0, 0.05) is 29.7 Å². The van der Waals surface area contributed by atoms with Crippen LogP contribution in [0.5, 0.6) is 23.0 Å². The molecule has 7 heteroatoms. The number of aromatic hydroxyl groups is 2. The molecule has 0 radical (unpaired) electrons. The Bertz CT molecular complexity index is 1290. The predicted molar refractivity (Wildman–Crippen MR) is 117 cm³/mol. The molecule has 1 aromatic heterocycles. The second-order valence-electron chi connectivity index (χ2n) is 8.74. The summed E-state index contributed by atoms with van der Waals surface area (Å²) < 4.78 is 17.1. The van der Waals surface area contributed by atoms with E-state index in [0.717, 1.165) is 5.57 Å². The lowest BCUT2D eigenvalue weighted by molar-refractivity contribution is -0.0229. The lowest BCUT2D eigenvalue weighted by atomic mass is 9.95. The maximum absolute atomic E-state index is 13.6. The van der Waals surface area contributed by atoms with E-state index in [1.165, 1.54) is 13.2 Å². The number of benzene rings is 2. The Labute approximate surface area is 179 Å². The second-order valence-corrected chi connectivity index (χ2v) is 8.74. The summed E-state index contributed by atoms with van der Waals surface area (Å²) >= 11 is 0. The Kier molecular flexibility index (Phi) is 4.89. The number of phenolic OH excluding ortho intramolecular Hbond substituents is 2. The molecule has 0 saturated heterocycles. The molecule has 0 saturated carbocycles. The summed E-state index contributed by atoms with van der Waals surface area (Å²) in [5.41, 5.74) is 0.768. The number of hydrogen-bond acceptors (Lipinski definition) is 7. The van der Waals surface area contributed by atoms with Gasteiger partial charge in [0.15, 0.2) is 11.5 Å². The van der Waals surface area contributed by atoms with E-state index < -0.39 is 17.1 Å². The van der Waals surface area contributed by atoms with Crippen LogP contribution in [0.25, 0.3) is 21.9 Å². The van der Waals surface area contributed by atoms with Crippen LogP contribution in [0.15, 0.2) is 33.0 Å². The second kappa shape index (κ2) is 7.20. The van der Waals surface area contributed by atoms with Gasteiger partial charge in [0.1, 0.15) is 34.2 Å². The van der Waals surface area contributed by atoms with E-state index in [1.807, 2.05) is 19.9 Å². The smallest absolute Gasteiger partial charge is 0.204 e. The summed E-state index contributed by atoms with van der Waals surface area (Å²) in [6.07, 6.45) is 1.97. The van der Waals surface area contributed by atoms with Crippen molar-refractivity contribution in [3.8, 4) is 23.0 Å². The van der Waals surface area contributed by atoms with E-state index in [1.54, 1.807) is 19.9 Å². The molecule has 2 aromatic carbocycles. The standard InChI is InChI=1S/C24H26O7/c1-11(2)6-7-12-19-16(9-14(25)23(12)29-5)30-17-10-15-13(21(26)20(17)22(19)27)8-18(31-15)24(3,4)28/h6,9-10,18,25-26,28H,7-8H2,1-5H3/t18-/m1/s1. The Morgan fingerprint density at radius 1 is 1.23 bits per heavy atom. The van der Waals surface area contributed by atoms with Crippen molar-refractivity contribution in [3.05, 3.63) is 45.1 Å². The van der Waals surface area contributed by atoms with E-state index >= 15 is 0 Å². The maximum atomic E-state index is 13.6. The van der Waals surface area contributed by atoms with Crippen LogP contribution in [-0.4, -0.2) is 34.1 Å². The first-order chi connectivity index (χ1) is 14.5. The number of methoxy groups -OCH3 is 1. The highest BCUT2D eigenvalue weighted by molar-refractivity contribution is 5.98. The minimum Gasteiger partial charge on any atom is -0.507 e. The van der Waals surface area contributed by atoms with E-state index in [0.29, 0.717) is 23.3 Å². The lowest BCUT2D eigenvalue weighted by Gasteiger charge is -2.24. The lowest BCUT2D eigenvalue weighted by Crippen LogP contribution is -2.39. The van der Waals surface area contributed by atoms with Crippen molar-refractivity contribution in [2.75, 3.05) is 7.11 Å². The average molecular weight is 426 g/mol. The van der Waals surface area contributed by atoms with Gasteiger partial charge < -0.3 is 29.2 Å². The number of fused-ring (bicyclic) bond motifs is 3. The minimum atomic E-state index is -1.13. The summed E-state index contributed by atoms with van der Waals surface area (Å²) in [6, 6.07) is 2.89. The van der Waals surface area contributed by atoms with E-state index in [-0.39, 0.29) is 45.6 Å². The summed E-state index contributed by atoms with van der Waals surface area (Å²) in [4.78, 5) is 13.6. The van der Waals surface area contributed by atoms with Gasteiger partial charge in [-0.15, -0.1) is 0 Å². The van der Waals surface area contributed by atoms with Gasteiger partial charge in [0.2, 0.25) is 5.43 Å². The highest BCUT2D eigenvalue weighted by Crippen LogP contribution is 2.44. The third kappa shape index (κ3) is 3.39. The topological polar surface area (TPSA) is 109 Å². The molecule has 0 fully saturated rings. The van der Waals surface area contributed by atoms with Crippen molar-refractivity contribution in [2.24, 2.45) is 0 Å². The largest absolute Gasteiger partial charge is 0.507 e. The Morgan fingerprint density at radius 2 is 1.90 bits per heavy atom. The molecule has 164 valence electrons. The van der Waals surface area contributed by atoms with Crippen LogP contribution in [0.3, 0.4) is 0 Å². The van der Waals surface area contributed by atoms with E-state index in [4.69, 9.17) is 13.9 Å². The third-order valence-corrected chi connectivity index (χ3v) is 5.69. The van der Waals surface area contributed by atoms with E-state index in [2.05, 4.69) is 0 Å². The molecule has 3 N–H and O–H groups in total. The molecule has 1 aliphatic rings. The van der Waals surface area contributed by atoms with Gasteiger partial charge >= 0.3 is 0 Å². The molecule has 1 aliphatic heterocycles. The molecule has 0 spiro atoms. The number of hydrogen-bond donors (Lipinski definition) is 3. The van der Waals surface area contributed by atoms with Gasteiger partial charge in [-0.1, -0.05) is 11.6 Å². The van der Waals surface area contributed by atoms with Gasteiger partial charge in [0.25, 0.3) is 0 Å². The normalized spacial score (nSPS) is 15.7. The minimum absolute atomic E-state index is 0.0393. The molecule has 3 aromatic rings. The molecule has 0 bridgehead atoms. The first kappa shape index (κ1) is 21.1. The molecular weight excluding hydrogens is 400 g/mol. The molecule has 0 unspecified atom stereocenters. The fraction of sp³-hybridized carbons (Fsp3) is 0.375. The molecule has 7 nitrogen and oxygen atoms in total. The fourth-order valence-corrected chi connectivity index (χ4v) is 4.02. The highest BCUT2D eigenvalue weighted by atomic mass is 16.5. The third-order valence-electron chi connectivity index (χ3n) is 5.69. The van der Waals surface area contributed by atoms with Crippen LogP contribution in [-0.2, 0) is 12.8 Å². The van der Waals surface area contributed by atoms with Crippen molar-refractivity contribution in [1.82, 2.24) is 0 Å². The summed E-state index contributed by atoms with van der Waals surface area (Å²) in [6.45, 7) is 7.12. The van der Waals surface area contributed by atoms with Crippen LogP contribution in [0.4, 0.5) is 0 Å². The molecule has 4 rings (SSSR count). The summed E-state index contributed by atoms with van der Waals surface area (Å²) in [7, 11) is 1.42. The van der Waals surface area contributed by atoms with Gasteiger partial charge in [-0.2, -0.15) is 0 Å². The Hall–Kier alpha value is -3.19. The monoisotopic (exact) mass is 426 g/mol. The summed E-state index contributed by atoms with van der Waals surface area (Å²) in [5, 5.41) is 32.0. The molecular formula is C24H26O7. The zero-order valence-corrected chi connectivity index (χ0v) is 18.2. The van der Waals surface area contributed by atoms with Crippen LogP contribution >= 0.6 is 0 Å². The molecule has 0 amide bonds. The Morgan fingerprint density at radius 3 is 2.52 bits per heavy atom. The van der Waals surface area contributed by atoms with E-state index in [9.17, 15) is 20.1 Å². The first-order valence-electron chi connectivity index (χ1n) is 10.1. The number of phenols is 2. The quantitative estimate of drug-likeness (QED) is 0.428. The number of allylic oxidation sites excluding steroid dienone is 2. The molecule has 1 atom stereocenters. The number of rotatable bonds is 4. The van der Waals surface area contributed by atoms with Crippen molar-refractivity contribution >= 4 is 21.9 Å². The van der Waals surface area contributed by atoms with Crippen molar-refractivity contribution in [2.45, 2.75) is 52.2 Å². The van der Waals surface area contributed by atoms with Crippen LogP contribution in [0.1, 0.15) is 38.8 Å². The molecule has 31 heavy (non-hydrogen) atoms. The van der Waals surface area contributed by atoms with Gasteiger partial charge in [-0.3, -0.25) is 4.79 Å². The Balaban J connectivity index is 2.05. The number of ether oxygens (including phenoxy) is 2. The van der Waals surface area contributed by atoms with Gasteiger partial charge in [-0.05, 0) is 34.1 Å². The maximum Gasteiger partial charge on any atom is 0.204 e. The highest BCUT2D eigenvalue weighted by Gasteiger charge is 2.37. The molecule has 0 aliphatic carbocycles. The zero-order chi connectivity index (χ0) is 22.7.